The molecular formula is C22H22N2O2S. The van der Waals surface area contributed by atoms with Crippen molar-refractivity contribution >= 4 is 17.2 Å². The van der Waals surface area contributed by atoms with E-state index in [-0.39, 0.29) is 17.5 Å². The van der Waals surface area contributed by atoms with E-state index in [1.807, 2.05) is 17.5 Å². The lowest BCUT2D eigenvalue weighted by Crippen LogP contribution is -2.30. The molecule has 3 aromatic rings. The van der Waals surface area contributed by atoms with Gasteiger partial charge in [0, 0.05) is 29.8 Å². The van der Waals surface area contributed by atoms with E-state index in [2.05, 4.69) is 23.5 Å². The van der Waals surface area contributed by atoms with E-state index in [0.29, 0.717) is 5.56 Å². The number of pyridine rings is 1. The Bertz CT molecular complexity index is 1020. The molecule has 2 aromatic heterocycles. The van der Waals surface area contributed by atoms with Gasteiger partial charge < -0.3 is 9.88 Å². The number of amides is 1. The third kappa shape index (κ3) is 3.74. The Morgan fingerprint density at radius 2 is 1.93 bits per heavy atom. The average molecular weight is 378 g/mol. The molecule has 4 nitrogen and oxygen atoms in total. The van der Waals surface area contributed by atoms with E-state index in [1.165, 1.54) is 34.6 Å². The van der Waals surface area contributed by atoms with Crippen molar-refractivity contribution in [2.45, 2.75) is 31.7 Å². The molecule has 1 atom stereocenters. The molecule has 1 amide bonds. The maximum Gasteiger partial charge on any atom is 0.252 e. The Labute approximate surface area is 162 Å². The maximum absolute atomic E-state index is 12.8. The summed E-state index contributed by atoms with van der Waals surface area (Å²) in [5.41, 5.74) is 4.10. The molecule has 0 aliphatic heterocycles. The van der Waals surface area contributed by atoms with Crippen LogP contribution in [0.3, 0.4) is 0 Å². The maximum atomic E-state index is 12.8. The van der Waals surface area contributed by atoms with E-state index in [1.54, 1.807) is 30.6 Å². The van der Waals surface area contributed by atoms with E-state index >= 15 is 0 Å². The minimum atomic E-state index is -0.233. The Balaban J connectivity index is 1.67. The summed E-state index contributed by atoms with van der Waals surface area (Å²) in [7, 11) is 1.67. The molecule has 1 aliphatic rings. The molecule has 2 heterocycles. The number of nitrogens with one attached hydrogen (secondary N) is 1. The van der Waals surface area contributed by atoms with Gasteiger partial charge in [-0.3, -0.25) is 9.59 Å². The van der Waals surface area contributed by atoms with Gasteiger partial charge in [-0.05, 0) is 59.9 Å². The molecule has 0 saturated heterocycles. The van der Waals surface area contributed by atoms with Crippen LogP contribution < -0.4 is 10.9 Å². The predicted molar refractivity (Wildman–Crippen MR) is 108 cm³/mol. The largest absolute Gasteiger partial charge is 0.340 e. The van der Waals surface area contributed by atoms with Crippen molar-refractivity contribution in [2.75, 3.05) is 0 Å². The van der Waals surface area contributed by atoms with Crippen LogP contribution in [0.5, 0.6) is 0 Å². The van der Waals surface area contributed by atoms with Crippen LogP contribution in [0.15, 0.2) is 58.8 Å². The summed E-state index contributed by atoms with van der Waals surface area (Å²) in [4.78, 5) is 25.8. The molecule has 1 aliphatic carbocycles. The quantitative estimate of drug-likeness (QED) is 0.750. The molecule has 0 spiro atoms. The Morgan fingerprint density at radius 3 is 2.67 bits per heavy atom. The molecule has 0 fully saturated rings. The highest BCUT2D eigenvalue weighted by atomic mass is 32.1. The van der Waals surface area contributed by atoms with Crippen molar-refractivity contribution in [3.8, 4) is 0 Å². The van der Waals surface area contributed by atoms with Gasteiger partial charge in [-0.1, -0.05) is 24.3 Å². The predicted octanol–water partition coefficient (Wildman–Crippen LogP) is 3.85. The minimum absolute atomic E-state index is 0.191. The fourth-order valence-corrected chi connectivity index (χ4v) is 4.41. The normalized spacial score (nSPS) is 14.4. The summed E-state index contributed by atoms with van der Waals surface area (Å²) in [6.45, 7) is 0. The van der Waals surface area contributed by atoms with Crippen LogP contribution >= 0.6 is 11.3 Å². The molecule has 27 heavy (non-hydrogen) atoms. The van der Waals surface area contributed by atoms with Crippen molar-refractivity contribution in [1.82, 2.24) is 9.88 Å². The topological polar surface area (TPSA) is 51.1 Å². The summed E-state index contributed by atoms with van der Waals surface area (Å²) in [5.74, 6) is -0.233. The number of aryl methyl sites for hydroxylation is 3. The number of hydrogen-bond donors (Lipinski definition) is 1. The number of hydrogen-bond acceptors (Lipinski definition) is 3. The fraction of sp³-hybridized carbons (Fsp3) is 0.273. The first-order valence-electron chi connectivity index (χ1n) is 9.24. The van der Waals surface area contributed by atoms with Crippen LogP contribution in [0.4, 0.5) is 0 Å². The van der Waals surface area contributed by atoms with Crippen LogP contribution in [0.2, 0.25) is 0 Å². The lowest BCUT2D eigenvalue weighted by molar-refractivity contribution is 0.0943. The van der Waals surface area contributed by atoms with Crippen molar-refractivity contribution in [3.05, 3.63) is 91.5 Å². The van der Waals surface area contributed by atoms with E-state index in [9.17, 15) is 9.59 Å². The third-order valence-corrected chi connectivity index (χ3v) is 6.11. The average Bonchev–Trinajstić information content (AvgIpc) is 3.22. The highest BCUT2D eigenvalue weighted by molar-refractivity contribution is 7.10. The lowest BCUT2D eigenvalue weighted by atomic mass is 9.89. The van der Waals surface area contributed by atoms with Crippen LogP contribution in [0.1, 0.15) is 50.8 Å². The zero-order valence-corrected chi connectivity index (χ0v) is 16.1. The molecule has 4 rings (SSSR count). The first-order chi connectivity index (χ1) is 13.1. The number of carbonyl (C=O) groups excluding carboxylic acids is 1. The minimum Gasteiger partial charge on any atom is -0.340 e. The smallest absolute Gasteiger partial charge is 0.252 e. The monoisotopic (exact) mass is 378 g/mol. The second-order valence-electron chi connectivity index (χ2n) is 7.02. The van der Waals surface area contributed by atoms with Crippen molar-refractivity contribution in [3.63, 3.8) is 0 Å². The fourth-order valence-electron chi connectivity index (χ4n) is 3.61. The molecule has 0 saturated carbocycles. The van der Waals surface area contributed by atoms with Crippen LogP contribution in [0, 0.1) is 0 Å². The SMILES string of the molecule is Cn1ccc(C(=O)NC(c2ccc3c(c2)CCCC3)c2cccs2)cc1=O. The summed E-state index contributed by atoms with van der Waals surface area (Å²) < 4.78 is 1.46. The standard InChI is InChI=1S/C22H22N2O2S/c1-24-11-10-18(14-20(24)25)22(26)23-21(19-7-4-12-27-19)17-9-8-15-5-2-3-6-16(15)13-17/h4,7-14,21H,2-3,5-6H2,1H3,(H,23,26). The van der Waals surface area contributed by atoms with Crippen LogP contribution in [-0.2, 0) is 19.9 Å². The number of carbonyl (C=O) groups is 1. The zero-order chi connectivity index (χ0) is 18.8. The zero-order valence-electron chi connectivity index (χ0n) is 15.3. The first kappa shape index (κ1) is 17.7. The lowest BCUT2D eigenvalue weighted by Gasteiger charge is -2.22. The molecular weight excluding hydrogens is 356 g/mol. The van der Waals surface area contributed by atoms with Crippen molar-refractivity contribution in [2.24, 2.45) is 7.05 Å². The van der Waals surface area contributed by atoms with E-state index < -0.39 is 0 Å². The molecule has 0 bridgehead atoms. The highest BCUT2D eigenvalue weighted by Crippen LogP contribution is 2.30. The molecule has 1 unspecified atom stereocenters. The van der Waals surface area contributed by atoms with Gasteiger partial charge in [-0.2, -0.15) is 0 Å². The van der Waals surface area contributed by atoms with Gasteiger partial charge in [0.2, 0.25) is 0 Å². The summed E-state index contributed by atoms with van der Waals surface area (Å²) in [6, 6.07) is 13.4. The van der Waals surface area contributed by atoms with Crippen molar-refractivity contribution in [1.29, 1.82) is 0 Å². The van der Waals surface area contributed by atoms with Crippen LogP contribution in [0.25, 0.3) is 0 Å². The number of fused-ring (bicyclic) bond motifs is 1. The van der Waals surface area contributed by atoms with E-state index in [0.717, 1.165) is 23.3 Å². The summed E-state index contributed by atoms with van der Waals surface area (Å²) >= 11 is 1.63. The van der Waals surface area contributed by atoms with Crippen LogP contribution in [-0.4, -0.2) is 10.5 Å². The molecule has 1 aromatic carbocycles. The van der Waals surface area contributed by atoms with Gasteiger partial charge in [0.25, 0.3) is 11.5 Å². The van der Waals surface area contributed by atoms with E-state index in [4.69, 9.17) is 0 Å². The summed E-state index contributed by atoms with van der Waals surface area (Å²) in [6.07, 6.45) is 6.33. The Hall–Kier alpha value is -2.66. The van der Waals surface area contributed by atoms with Gasteiger partial charge >= 0.3 is 0 Å². The molecule has 138 valence electrons. The first-order valence-corrected chi connectivity index (χ1v) is 10.1. The number of rotatable bonds is 4. The van der Waals surface area contributed by atoms with Gasteiger partial charge in [0.05, 0.1) is 6.04 Å². The number of nitrogens with zero attached hydrogens (tertiary/aromatic N) is 1. The Morgan fingerprint density at radius 1 is 1.11 bits per heavy atom. The highest BCUT2D eigenvalue weighted by Gasteiger charge is 2.21. The number of thiophene rings is 1. The Kier molecular flexibility index (Phi) is 4.94. The molecule has 1 N–H and O–H groups in total. The second-order valence-corrected chi connectivity index (χ2v) is 8.00. The van der Waals surface area contributed by atoms with Gasteiger partial charge in [-0.15, -0.1) is 11.3 Å². The number of aromatic nitrogens is 1. The third-order valence-electron chi connectivity index (χ3n) is 5.18. The van der Waals surface area contributed by atoms with Gasteiger partial charge in [0.1, 0.15) is 0 Å². The summed E-state index contributed by atoms with van der Waals surface area (Å²) in [5, 5.41) is 5.15. The number of benzene rings is 1. The van der Waals surface area contributed by atoms with Crippen molar-refractivity contribution < 1.29 is 4.79 Å². The van der Waals surface area contributed by atoms with Gasteiger partial charge in [-0.25, -0.2) is 0 Å². The van der Waals surface area contributed by atoms with Gasteiger partial charge in [0.15, 0.2) is 0 Å². The second kappa shape index (κ2) is 7.53. The molecule has 0 radical (unpaired) electrons. The molecule has 5 heteroatoms.